The minimum atomic E-state index is 0.953. The minimum absolute atomic E-state index is 0.953. The van der Waals surface area contributed by atoms with Crippen molar-refractivity contribution in [3.05, 3.63) is 23.9 Å². The van der Waals surface area contributed by atoms with Crippen LogP contribution in [0.5, 0.6) is 0 Å². The molecule has 2 fully saturated rings. The smallest absolute Gasteiger partial charge is 0.125 e. The Morgan fingerprint density at radius 1 is 1.17 bits per heavy atom. The predicted molar refractivity (Wildman–Crippen MR) is 74.5 cm³/mol. The minimum Gasteiger partial charge on any atom is -0.373 e. The van der Waals surface area contributed by atoms with Gasteiger partial charge >= 0.3 is 0 Å². The van der Waals surface area contributed by atoms with Crippen LogP contribution in [-0.4, -0.2) is 30.0 Å². The number of anilines is 1. The van der Waals surface area contributed by atoms with Crippen LogP contribution >= 0.6 is 0 Å². The van der Waals surface area contributed by atoms with Gasteiger partial charge in [0.2, 0.25) is 0 Å². The first-order chi connectivity index (χ1) is 8.83. The highest BCUT2D eigenvalue weighted by Gasteiger charge is 2.29. The maximum absolute atomic E-state index is 4.40. The van der Waals surface area contributed by atoms with Gasteiger partial charge in [0.1, 0.15) is 5.82 Å². The number of aromatic nitrogens is 1. The second-order valence-corrected chi connectivity index (χ2v) is 5.88. The molecular formula is C15H23N3. The average Bonchev–Trinajstić information content (AvgIpc) is 3.26. The third-order valence-corrected chi connectivity index (χ3v) is 3.91. The van der Waals surface area contributed by atoms with Gasteiger partial charge in [0.25, 0.3) is 0 Å². The fraction of sp³-hybridized carbons (Fsp3) is 0.667. The largest absolute Gasteiger partial charge is 0.373 e. The van der Waals surface area contributed by atoms with Gasteiger partial charge < -0.3 is 5.32 Å². The van der Waals surface area contributed by atoms with Crippen molar-refractivity contribution in [1.82, 2.24) is 9.88 Å². The molecule has 0 bridgehead atoms. The summed E-state index contributed by atoms with van der Waals surface area (Å²) in [5, 5.41) is 3.07. The molecule has 1 aromatic heterocycles. The molecule has 2 aliphatic rings. The quantitative estimate of drug-likeness (QED) is 0.800. The summed E-state index contributed by atoms with van der Waals surface area (Å²) in [6.07, 6.45) is 7.78. The number of hydrogen-bond acceptors (Lipinski definition) is 3. The lowest BCUT2D eigenvalue weighted by atomic mass is 10.2. The number of nitrogens with one attached hydrogen (secondary N) is 1. The van der Waals surface area contributed by atoms with Gasteiger partial charge in [-0.05, 0) is 49.1 Å². The van der Waals surface area contributed by atoms with Crippen molar-refractivity contribution in [2.75, 3.05) is 25.5 Å². The highest BCUT2D eigenvalue weighted by atomic mass is 15.1. The average molecular weight is 245 g/mol. The molecule has 0 spiro atoms. The first-order valence-electron chi connectivity index (χ1n) is 7.18. The van der Waals surface area contributed by atoms with E-state index >= 15 is 0 Å². The lowest BCUT2D eigenvalue weighted by molar-refractivity contribution is 0.244. The van der Waals surface area contributed by atoms with Crippen molar-refractivity contribution in [3.8, 4) is 0 Å². The van der Waals surface area contributed by atoms with Crippen molar-refractivity contribution >= 4 is 5.82 Å². The topological polar surface area (TPSA) is 28.2 Å². The van der Waals surface area contributed by atoms with Gasteiger partial charge in [-0.1, -0.05) is 6.07 Å². The van der Waals surface area contributed by atoms with E-state index < -0.39 is 0 Å². The normalized spacial score (nSPS) is 19.2. The standard InChI is InChI=1S/C15H23N3/c1-16-15-7-6-14(8-17-15)11-18(9-12-2-3-12)10-13-4-5-13/h6-8,12-13H,2-5,9-11H2,1H3,(H,16,17). The predicted octanol–water partition coefficient (Wildman–Crippen LogP) is 2.75. The molecule has 1 aromatic rings. The van der Waals surface area contributed by atoms with E-state index in [1.54, 1.807) is 0 Å². The number of rotatable bonds is 7. The fourth-order valence-electron chi connectivity index (χ4n) is 2.46. The third kappa shape index (κ3) is 3.45. The van der Waals surface area contributed by atoms with Crippen molar-refractivity contribution in [2.24, 2.45) is 11.8 Å². The molecule has 0 amide bonds. The molecule has 0 radical (unpaired) electrons. The van der Waals surface area contributed by atoms with E-state index in [2.05, 4.69) is 27.3 Å². The Morgan fingerprint density at radius 2 is 1.83 bits per heavy atom. The summed E-state index contributed by atoms with van der Waals surface area (Å²) in [5.74, 6) is 2.91. The van der Waals surface area contributed by atoms with Gasteiger partial charge in [0, 0.05) is 32.9 Å². The van der Waals surface area contributed by atoms with Crippen LogP contribution in [0.2, 0.25) is 0 Å². The van der Waals surface area contributed by atoms with Crippen LogP contribution in [-0.2, 0) is 6.54 Å². The van der Waals surface area contributed by atoms with Gasteiger partial charge in [-0.3, -0.25) is 4.90 Å². The molecule has 1 heterocycles. The van der Waals surface area contributed by atoms with Gasteiger partial charge in [-0.2, -0.15) is 0 Å². The molecule has 3 nitrogen and oxygen atoms in total. The van der Waals surface area contributed by atoms with Crippen LogP contribution in [0, 0.1) is 11.8 Å². The Bertz CT molecular complexity index is 365. The van der Waals surface area contributed by atoms with Gasteiger partial charge in [0.15, 0.2) is 0 Å². The summed E-state index contributed by atoms with van der Waals surface area (Å²) in [5.41, 5.74) is 1.34. The molecule has 18 heavy (non-hydrogen) atoms. The van der Waals surface area contributed by atoms with Crippen molar-refractivity contribution in [1.29, 1.82) is 0 Å². The summed E-state index contributed by atoms with van der Waals surface area (Å²) in [4.78, 5) is 7.05. The van der Waals surface area contributed by atoms with Gasteiger partial charge in [0.05, 0.1) is 0 Å². The molecule has 98 valence electrons. The summed E-state index contributed by atoms with van der Waals surface area (Å²) in [6, 6.07) is 4.27. The Morgan fingerprint density at radius 3 is 2.28 bits per heavy atom. The zero-order valence-corrected chi connectivity index (χ0v) is 11.2. The molecule has 0 aliphatic heterocycles. The molecule has 0 unspecified atom stereocenters. The molecule has 0 aromatic carbocycles. The van der Waals surface area contributed by atoms with Crippen LogP contribution in [0.15, 0.2) is 18.3 Å². The third-order valence-electron chi connectivity index (χ3n) is 3.91. The summed E-state index contributed by atoms with van der Waals surface area (Å²) in [6.45, 7) is 3.67. The van der Waals surface area contributed by atoms with E-state index in [1.165, 1.54) is 44.3 Å². The molecule has 2 aliphatic carbocycles. The van der Waals surface area contributed by atoms with Crippen LogP contribution < -0.4 is 5.32 Å². The first kappa shape index (κ1) is 12.0. The molecule has 2 saturated carbocycles. The summed E-state index contributed by atoms with van der Waals surface area (Å²) < 4.78 is 0. The van der Waals surface area contributed by atoms with Crippen molar-refractivity contribution < 1.29 is 0 Å². The fourth-order valence-corrected chi connectivity index (χ4v) is 2.46. The summed E-state index contributed by atoms with van der Waals surface area (Å²) >= 11 is 0. The first-order valence-corrected chi connectivity index (χ1v) is 7.18. The maximum Gasteiger partial charge on any atom is 0.125 e. The number of hydrogen-bond donors (Lipinski definition) is 1. The number of nitrogens with zero attached hydrogens (tertiary/aromatic N) is 2. The molecular weight excluding hydrogens is 222 g/mol. The Hall–Kier alpha value is -1.09. The van der Waals surface area contributed by atoms with E-state index in [9.17, 15) is 0 Å². The second kappa shape index (κ2) is 5.27. The van der Waals surface area contributed by atoms with E-state index in [-0.39, 0.29) is 0 Å². The van der Waals surface area contributed by atoms with E-state index in [1.807, 2.05) is 13.2 Å². The van der Waals surface area contributed by atoms with Crippen LogP contribution in [0.1, 0.15) is 31.2 Å². The maximum atomic E-state index is 4.40. The van der Waals surface area contributed by atoms with Crippen molar-refractivity contribution in [2.45, 2.75) is 32.2 Å². The van der Waals surface area contributed by atoms with Crippen molar-refractivity contribution in [3.63, 3.8) is 0 Å². The molecule has 0 atom stereocenters. The highest BCUT2D eigenvalue weighted by molar-refractivity contribution is 5.34. The Labute approximate surface area is 110 Å². The number of pyridine rings is 1. The van der Waals surface area contributed by atoms with E-state index in [4.69, 9.17) is 0 Å². The SMILES string of the molecule is CNc1ccc(CN(CC2CC2)CC2CC2)cn1. The van der Waals surface area contributed by atoms with E-state index in [0.29, 0.717) is 0 Å². The molecule has 0 saturated heterocycles. The molecule has 1 N–H and O–H groups in total. The lowest BCUT2D eigenvalue weighted by Crippen LogP contribution is -2.27. The van der Waals surface area contributed by atoms with Crippen LogP contribution in [0.3, 0.4) is 0 Å². The van der Waals surface area contributed by atoms with Gasteiger partial charge in [-0.25, -0.2) is 4.98 Å². The second-order valence-electron chi connectivity index (χ2n) is 5.88. The van der Waals surface area contributed by atoms with Gasteiger partial charge in [-0.15, -0.1) is 0 Å². The Kier molecular flexibility index (Phi) is 3.50. The molecule has 3 heteroatoms. The highest BCUT2D eigenvalue weighted by Crippen LogP contribution is 2.34. The van der Waals surface area contributed by atoms with E-state index in [0.717, 1.165) is 24.2 Å². The zero-order chi connectivity index (χ0) is 12.4. The lowest BCUT2D eigenvalue weighted by Gasteiger charge is -2.22. The van der Waals surface area contributed by atoms with Crippen LogP contribution in [0.4, 0.5) is 5.82 Å². The monoisotopic (exact) mass is 245 g/mol. The van der Waals surface area contributed by atoms with Crippen LogP contribution in [0.25, 0.3) is 0 Å². The molecule has 3 rings (SSSR count). The zero-order valence-electron chi connectivity index (χ0n) is 11.2. The summed E-state index contributed by atoms with van der Waals surface area (Å²) in [7, 11) is 1.91. The Balaban J connectivity index is 1.58.